The number of anilines is 2. The van der Waals surface area contributed by atoms with Gasteiger partial charge in [0.25, 0.3) is 5.91 Å². The van der Waals surface area contributed by atoms with Crippen molar-refractivity contribution in [1.82, 2.24) is 9.78 Å². The van der Waals surface area contributed by atoms with Gasteiger partial charge in [0.15, 0.2) is 5.78 Å². The molecule has 5 rings (SSSR count). The maximum atomic E-state index is 13.0. The highest BCUT2D eigenvalue weighted by molar-refractivity contribution is 6.08. The fourth-order valence-electron chi connectivity index (χ4n) is 4.29. The quantitative estimate of drug-likeness (QED) is 0.683. The molecule has 2 N–H and O–H groups in total. The van der Waals surface area contributed by atoms with Gasteiger partial charge in [-0.05, 0) is 37.5 Å². The van der Waals surface area contributed by atoms with Crippen LogP contribution in [0.15, 0.2) is 72.1 Å². The number of amides is 1. The molecule has 0 bridgehead atoms. The van der Waals surface area contributed by atoms with Crippen molar-refractivity contribution in [3.05, 3.63) is 88.8 Å². The highest BCUT2D eigenvalue weighted by Gasteiger charge is 2.37. The lowest BCUT2D eigenvalue weighted by Gasteiger charge is -2.33. The molecule has 1 atom stereocenters. The maximum absolute atomic E-state index is 13.0. The van der Waals surface area contributed by atoms with Gasteiger partial charge >= 0.3 is 0 Å². The zero-order valence-corrected chi connectivity index (χ0v) is 16.7. The van der Waals surface area contributed by atoms with Crippen LogP contribution in [0, 0.1) is 6.92 Å². The Morgan fingerprint density at radius 1 is 1.13 bits per heavy atom. The second kappa shape index (κ2) is 7.30. The Morgan fingerprint density at radius 3 is 2.77 bits per heavy atom. The van der Waals surface area contributed by atoms with E-state index in [9.17, 15) is 9.59 Å². The standard InChI is InChI=1S/C24H22N4O2/c1-15-7-5-8-16(13-15)22-21-19(11-6-12-20(21)29)27-23-18(14-25-28(22)23)24(30)26-17-9-3-2-4-10-17/h2-5,7-10,13-14,22,27H,6,11-12H2,1H3,(H,26,30). The molecule has 3 aromatic rings. The molecule has 0 spiro atoms. The van der Waals surface area contributed by atoms with Crippen molar-refractivity contribution < 1.29 is 9.59 Å². The Hall–Kier alpha value is -3.67. The molecule has 1 aliphatic carbocycles. The average Bonchev–Trinajstić information content (AvgIpc) is 3.17. The number of ketones is 1. The Balaban J connectivity index is 1.59. The summed E-state index contributed by atoms with van der Waals surface area (Å²) in [5.41, 5.74) is 4.96. The molecule has 30 heavy (non-hydrogen) atoms. The highest BCUT2D eigenvalue weighted by Crippen LogP contribution is 2.41. The van der Waals surface area contributed by atoms with Crippen molar-refractivity contribution in [3.8, 4) is 0 Å². The van der Waals surface area contributed by atoms with Crippen LogP contribution in [0.1, 0.15) is 46.8 Å². The SMILES string of the molecule is Cc1cccc(C2C3=C(CCCC3=O)Nc3c(C(=O)Nc4ccccc4)cnn32)c1. The third-order valence-electron chi connectivity index (χ3n) is 5.67. The van der Waals surface area contributed by atoms with Crippen LogP contribution in [0.25, 0.3) is 0 Å². The normalized spacial score (nSPS) is 17.8. The molecule has 150 valence electrons. The van der Waals surface area contributed by atoms with Crippen molar-refractivity contribution in [2.45, 2.75) is 32.2 Å². The number of aryl methyl sites for hydroxylation is 1. The first-order valence-electron chi connectivity index (χ1n) is 10.2. The van der Waals surface area contributed by atoms with Crippen molar-refractivity contribution in [3.63, 3.8) is 0 Å². The topological polar surface area (TPSA) is 76.0 Å². The second-order valence-corrected chi connectivity index (χ2v) is 7.78. The van der Waals surface area contributed by atoms with Crippen LogP contribution in [-0.4, -0.2) is 21.5 Å². The van der Waals surface area contributed by atoms with E-state index in [0.717, 1.165) is 40.9 Å². The van der Waals surface area contributed by atoms with E-state index in [-0.39, 0.29) is 17.7 Å². The number of fused-ring (bicyclic) bond motifs is 1. The van der Waals surface area contributed by atoms with Crippen LogP contribution < -0.4 is 10.6 Å². The molecule has 0 saturated carbocycles. The van der Waals surface area contributed by atoms with E-state index in [4.69, 9.17) is 0 Å². The molecule has 0 radical (unpaired) electrons. The number of aromatic nitrogens is 2. The largest absolute Gasteiger partial charge is 0.343 e. The van der Waals surface area contributed by atoms with Gasteiger partial charge in [-0.1, -0.05) is 48.0 Å². The van der Waals surface area contributed by atoms with Gasteiger partial charge in [-0.3, -0.25) is 9.59 Å². The molecule has 1 amide bonds. The average molecular weight is 398 g/mol. The van der Waals surface area contributed by atoms with E-state index >= 15 is 0 Å². The lowest BCUT2D eigenvalue weighted by Crippen LogP contribution is -2.32. The fraction of sp³-hybridized carbons (Fsp3) is 0.208. The number of carbonyl (C=O) groups excluding carboxylic acids is 2. The van der Waals surface area contributed by atoms with Crippen molar-refractivity contribution in [2.24, 2.45) is 0 Å². The van der Waals surface area contributed by atoms with E-state index in [0.29, 0.717) is 17.8 Å². The third-order valence-corrected chi connectivity index (χ3v) is 5.67. The second-order valence-electron chi connectivity index (χ2n) is 7.78. The summed E-state index contributed by atoms with van der Waals surface area (Å²) < 4.78 is 1.77. The van der Waals surface area contributed by atoms with Gasteiger partial charge in [-0.15, -0.1) is 0 Å². The van der Waals surface area contributed by atoms with Gasteiger partial charge in [-0.2, -0.15) is 5.10 Å². The van der Waals surface area contributed by atoms with Crippen molar-refractivity contribution >= 4 is 23.2 Å². The number of nitrogens with one attached hydrogen (secondary N) is 2. The lowest BCUT2D eigenvalue weighted by atomic mass is 9.85. The molecule has 6 heteroatoms. The smallest absolute Gasteiger partial charge is 0.261 e. The first-order chi connectivity index (χ1) is 14.6. The van der Waals surface area contributed by atoms with Crippen molar-refractivity contribution in [1.29, 1.82) is 0 Å². The van der Waals surface area contributed by atoms with E-state index in [1.165, 1.54) is 0 Å². The number of hydrogen-bond acceptors (Lipinski definition) is 4. The summed E-state index contributed by atoms with van der Waals surface area (Å²) in [4.78, 5) is 25.9. The molecule has 2 aliphatic rings. The van der Waals surface area contributed by atoms with Gasteiger partial charge in [0.05, 0.1) is 6.20 Å². The molecule has 0 saturated heterocycles. The molecule has 0 fully saturated rings. The molecule has 2 aromatic carbocycles. The number of Topliss-reactive ketones (excluding diaryl/α,β-unsaturated/α-hetero) is 1. The Kier molecular flexibility index (Phi) is 4.47. The van der Waals surface area contributed by atoms with Crippen LogP contribution in [0.2, 0.25) is 0 Å². The van der Waals surface area contributed by atoms with Crippen molar-refractivity contribution in [2.75, 3.05) is 10.6 Å². The Morgan fingerprint density at radius 2 is 1.97 bits per heavy atom. The molecular formula is C24H22N4O2. The van der Waals surface area contributed by atoms with E-state index in [1.807, 2.05) is 55.5 Å². The third kappa shape index (κ3) is 3.10. The number of hydrogen-bond donors (Lipinski definition) is 2. The fourth-order valence-corrected chi connectivity index (χ4v) is 4.29. The number of nitrogens with zero attached hydrogens (tertiary/aromatic N) is 2. The molecule has 2 heterocycles. The first-order valence-corrected chi connectivity index (χ1v) is 10.2. The number of benzene rings is 2. The molecule has 1 aliphatic heterocycles. The van der Waals surface area contributed by atoms with Gasteiger partial charge < -0.3 is 10.6 Å². The zero-order chi connectivity index (χ0) is 20.7. The minimum atomic E-state index is -0.331. The van der Waals surface area contributed by atoms with Crippen LogP contribution in [-0.2, 0) is 4.79 Å². The van der Waals surface area contributed by atoms with Gasteiger partial charge in [0.2, 0.25) is 0 Å². The zero-order valence-electron chi connectivity index (χ0n) is 16.7. The van der Waals surface area contributed by atoms with E-state index < -0.39 is 0 Å². The highest BCUT2D eigenvalue weighted by atomic mass is 16.1. The number of rotatable bonds is 3. The lowest BCUT2D eigenvalue weighted by molar-refractivity contribution is -0.116. The Bertz CT molecular complexity index is 1180. The first kappa shape index (κ1) is 18.4. The van der Waals surface area contributed by atoms with Crippen LogP contribution in [0.4, 0.5) is 11.5 Å². The predicted molar refractivity (Wildman–Crippen MR) is 115 cm³/mol. The molecular weight excluding hydrogens is 376 g/mol. The minimum Gasteiger partial charge on any atom is -0.343 e. The van der Waals surface area contributed by atoms with Gasteiger partial charge in [0.1, 0.15) is 17.4 Å². The molecule has 1 aromatic heterocycles. The number of para-hydroxylation sites is 1. The summed E-state index contributed by atoms with van der Waals surface area (Å²) >= 11 is 0. The number of allylic oxidation sites excluding steroid dienone is 2. The van der Waals surface area contributed by atoms with Crippen LogP contribution >= 0.6 is 0 Å². The predicted octanol–water partition coefficient (Wildman–Crippen LogP) is 4.47. The van der Waals surface area contributed by atoms with Gasteiger partial charge in [-0.25, -0.2) is 4.68 Å². The summed E-state index contributed by atoms with van der Waals surface area (Å²) in [5.74, 6) is 0.541. The van der Waals surface area contributed by atoms with E-state index in [2.05, 4.69) is 21.8 Å². The van der Waals surface area contributed by atoms with Gasteiger partial charge in [0, 0.05) is 23.4 Å². The summed E-state index contributed by atoms with van der Waals surface area (Å²) in [6.07, 6.45) is 3.71. The summed E-state index contributed by atoms with van der Waals surface area (Å²) in [6.45, 7) is 2.03. The summed E-state index contributed by atoms with van der Waals surface area (Å²) in [6, 6.07) is 17.1. The number of carbonyl (C=O) groups is 2. The Labute approximate surface area is 174 Å². The monoisotopic (exact) mass is 398 g/mol. The van der Waals surface area contributed by atoms with Crippen LogP contribution in [0.3, 0.4) is 0 Å². The molecule has 1 unspecified atom stereocenters. The summed E-state index contributed by atoms with van der Waals surface area (Å²) in [7, 11) is 0. The minimum absolute atomic E-state index is 0.145. The maximum Gasteiger partial charge on any atom is 0.261 e. The van der Waals surface area contributed by atoms with E-state index in [1.54, 1.807) is 10.9 Å². The summed E-state index contributed by atoms with van der Waals surface area (Å²) in [5, 5.41) is 10.8. The molecule has 6 nitrogen and oxygen atoms in total. The van der Waals surface area contributed by atoms with Crippen LogP contribution in [0.5, 0.6) is 0 Å².